The first kappa shape index (κ1) is 12.8. The van der Waals surface area contributed by atoms with Gasteiger partial charge >= 0.3 is 0 Å². The van der Waals surface area contributed by atoms with Crippen molar-refractivity contribution < 1.29 is 0 Å². The fourth-order valence-corrected chi connectivity index (χ4v) is 3.20. The molecule has 0 saturated heterocycles. The van der Waals surface area contributed by atoms with Gasteiger partial charge in [0.1, 0.15) is 0 Å². The number of halogens is 2. The van der Waals surface area contributed by atoms with Crippen LogP contribution in [0, 0.1) is 6.92 Å². The van der Waals surface area contributed by atoms with Crippen molar-refractivity contribution in [3.05, 3.63) is 68.1 Å². The van der Waals surface area contributed by atoms with E-state index in [1.807, 2.05) is 18.2 Å². The van der Waals surface area contributed by atoms with Crippen LogP contribution in [0.3, 0.4) is 0 Å². The molecule has 17 heavy (non-hydrogen) atoms. The van der Waals surface area contributed by atoms with E-state index in [-0.39, 0.29) is 6.04 Å². The molecule has 2 N–H and O–H groups in total. The third kappa shape index (κ3) is 2.97. The first-order valence-corrected chi connectivity index (χ1v) is 6.93. The molecule has 1 unspecified atom stereocenters. The van der Waals surface area contributed by atoms with Crippen LogP contribution in [-0.2, 0) is 0 Å². The minimum absolute atomic E-state index is 0.0926. The van der Waals surface area contributed by atoms with Crippen LogP contribution in [0.25, 0.3) is 0 Å². The highest BCUT2D eigenvalue weighted by atomic mass is 79.9. The van der Waals surface area contributed by atoms with Crippen LogP contribution in [0.5, 0.6) is 0 Å². The Morgan fingerprint density at radius 2 is 1.59 bits per heavy atom. The molecule has 0 aliphatic heterocycles. The van der Waals surface area contributed by atoms with Gasteiger partial charge in [0.2, 0.25) is 0 Å². The van der Waals surface area contributed by atoms with E-state index in [0.717, 1.165) is 20.1 Å². The summed E-state index contributed by atoms with van der Waals surface area (Å²) >= 11 is 6.97. The molecule has 0 spiro atoms. The normalized spacial score (nSPS) is 12.5. The highest BCUT2D eigenvalue weighted by molar-refractivity contribution is 9.11. The monoisotopic (exact) mass is 353 g/mol. The largest absolute Gasteiger partial charge is 0.320 e. The molecule has 0 aliphatic carbocycles. The summed E-state index contributed by atoms with van der Waals surface area (Å²) in [6, 6.07) is 14.2. The number of hydrogen-bond acceptors (Lipinski definition) is 1. The standard InChI is InChI=1S/C14H13Br2N/c1-9-4-2-3-5-13(9)14(17)10-6-11(15)8-12(16)7-10/h2-8,14H,17H2,1H3. The van der Waals surface area contributed by atoms with Gasteiger partial charge in [0.05, 0.1) is 6.04 Å². The molecular formula is C14H13Br2N. The quantitative estimate of drug-likeness (QED) is 0.839. The predicted molar refractivity (Wildman–Crippen MR) is 79.1 cm³/mol. The van der Waals surface area contributed by atoms with E-state index in [9.17, 15) is 0 Å². The van der Waals surface area contributed by atoms with Crippen LogP contribution in [0.15, 0.2) is 51.4 Å². The summed E-state index contributed by atoms with van der Waals surface area (Å²) in [4.78, 5) is 0. The maximum atomic E-state index is 6.31. The van der Waals surface area contributed by atoms with Gasteiger partial charge < -0.3 is 5.73 Å². The van der Waals surface area contributed by atoms with Crippen LogP contribution in [-0.4, -0.2) is 0 Å². The van der Waals surface area contributed by atoms with Gasteiger partial charge in [-0.25, -0.2) is 0 Å². The van der Waals surface area contributed by atoms with Crippen molar-refractivity contribution in [1.82, 2.24) is 0 Å². The lowest BCUT2D eigenvalue weighted by atomic mass is 9.96. The van der Waals surface area contributed by atoms with Gasteiger partial charge in [0, 0.05) is 8.95 Å². The lowest BCUT2D eigenvalue weighted by Crippen LogP contribution is -2.13. The van der Waals surface area contributed by atoms with Gasteiger partial charge in [-0.2, -0.15) is 0 Å². The van der Waals surface area contributed by atoms with Gasteiger partial charge in [-0.3, -0.25) is 0 Å². The summed E-state index contributed by atoms with van der Waals surface area (Å²) in [5, 5.41) is 0. The van der Waals surface area contributed by atoms with Crippen molar-refractivity contribution in [2.45, 2.75) is 13.0 Å². The molecule has 2 aromatic rings. The lowest BCUT2D eigenvalue weighted by molar-refractivity contribution is 0.860. The van der Waals surface area contributed by atoms with E-state index < -0.39 is 0 Å². The van der Waals surface area contributed by atoms with Gasteiger partial charge in [-0.1, -0.05) is 56.1 Å². The van der Waals surface area contributed by atoms with Crippen molar-refractivity contribution in [3.8, 4) is 0 Å². The molecule has 0 heterocycles. The van der Waals surface area contributed by atoms with E-state index in [0.29, 0.717) is 0 Å². The molecule has 2 aromatic carbocycles. The van der Waals surface area contributed by atoms with Crippen molar-refractivity contribution in [1.29, 1.82) is 0 Å². The van der Waals surface area contributed by atoms with E-state index in [4.69, 9.17) is 5.73 Å². The SMILES string of the molecule is Cc1ccccc1C(N)c1cc(Br)cc(Br)c1. The van der Waals surface area contributed by atoms with Gasteiger partial charge in [0.25, 0.3) is 0 Å². The molecule has 0 saturated carbocycles. The van der Waals surface area contributed by atoms with Gasteiger partial charge in [-0.05, 0) is 41.8 Å². The third-order valence-corrected chi connectivity index (χ3v) is 3.68. The molecule has 88 valence electrons. The first-order chi connectivity index (χ1) is 8.08. The summed E-state index contributed by atoms with van der Waals surface area (Å²) in [5.74, 6) is 0. The minimum atomic E-state index is -0.0926. The van der Waals surface area contributed by atoms with E-state index >= 15 is 0 Å². The number of aryl methyl sites for hydroxylation is 1. The number of hydrogen-bond donors (Lipinski definition) is 1. The highest BCUT2D eigenvalue weighted by Gasteiger charge is 2.11. The van der Waals surface area contributed by atoms with Crippen molar-refractivity contribution in [2.24, 2.45) is 5.73 Å². The highest BCUT2D eigenvalue weighted by Crippen LogP contribution is 2.28. The van der Waals surface area contributed by atoms with Crippen LogP contribution in [0.1, 0.15) is 22.7 Å². The van der Waals surface area contributed by atoms with Crippen LogP contribution < -0.4 is 5.73 Å². The zero-order chi connectivity index (χ0) is 12.4. The fourth-order valence-electron chi connectivity index (χ4n) is 1.87. The Kier molecular flexibility index (Phi) is 4.02. The average Bonchev–Trinajstić information content (AvgIpc) is 2.27. The smallest absolute Gasteiger partial charge is 0.0555 e. The Bertz CT molecular complexity index is 517. The Balaban J connectivity index is 2.43. The zero-order valence-electron chi connectivity index (χ0n) is 9.45. The number of nitrogens with two attached hydrogens (primary N) is 1. The maximum absolute atomic E-state index is 6.31. The molecule has 0 aromatic heterocycles. The minimum Gasteiger partial charge on any atom is -0.320 e. The molecule has 1 atom stereocenters. The average molecular weight is 355 g/mol. The lowest BCUT2D eigenvalue weighted by Gasteiger charge is -2.15. The Morgan fingerprint density at radius 3 is 2.18 bits per heavy atom. The van der Waals surface area contributed by atoms with E-state index in [2.05, 4.69) is 63.0 Å². The zero-order valence-corrected chi connectivity index (χ0v) is 12.6. The van der Waals surface area contributed by atoms with E-state index in [1.165, 1.54) is 5.56 Å². The van der Waals surface area contributed by atoms with Crippen LogP contribution >= 0.6 is 31.9 Å². The Morgan fingerprint density at radius 1 is 1.00 bits per heavy atom. The molecule has 0 fully saturated rings. The molecule has 1 nitrogen and oxygen atoms in total. The number of benzene rings is 2. The van der Waals surface area contributed by atoms with Gasteiger partial charge in [0.15, 0.2) is 0 Å². The first-order valence-electron chi connectivity index (χ1n) is 5.35. The summed E-state index contributed by atoms with van der Waals surface area (Å²) in [7, 11) is 0. The van der Waals surface area contributed by atoms with Crippen LogP contribution in [0.4, 0.5) is 0 Å². The third-order valence-electron chi connectivity index (χ3n) is 2.77. The molecular weight excluding hydrogens is 342 g/mol. The summed E-state index contributed by atoms with van der Waals surface area (Å²) in [5.41, 5.74) is 9.79. The summed E-state index contributed by atoms with van der Waals surface area (Å²) in [6.07, 6.45) is 0. The molecule has 0 aliphatic rings. The maximum Gasteiger partial charge on any atom is 0.0555 e. The second-order valence-electron chi connectivity index (χ2n) is 4.04. The Labute approximate surface area is 118 Å². The number of rotatable bonds is 2. The van der Waals surface area contributed by atoms with Crippen molar-refractivity contribution >= 4 is 31.9 Å². The fraction of sp³-hybridized carbons (Fsp3) is 0.143. The predicted octanol–water partition coefficient (Wildman–Crippen LogP) is 4.57. The summed E-state index contributed by atoms with van der Waals surface area (Å²) < 4.78 is 2.07. The van der Waals surface area contributed by atoms with Crippen LogP contribution in [0.2, 0.25) is 0 Å². The second-order valence-corrected chi connectivity index (χ2v) is 5.87. The van der Waals surface area contributed by atoms with Crippen molar-refractivity contribution in [3.63, 3.8) is 0 Å². The molecule has 0 bridgehead atoms. The topological polar surface area (TPSA) is 26.0 Å². The molecule has 3 heteroatoms. The molecule has 0 radical (unpaired) electrons. The van der Waals surface area contributed by atoms with Gasteiger partial charge in [-0.15, -0.1) is 0 Å². The Hall–Kier alpha value is -0.640. The van der Waals surface area contributed by atoms with E-state index in [1.54, 1.807) is 0 Å². The molecule has 0 amide bonds. The second kappa shape index (κ2) is 5.34. The summed E-state index contributed by atoms with van der Waals surface area (Å²) in [6.45, 7) is 2.09. The van der Waals surface area contributed by atoms with Crippen molar-refractivity contribution in [2.75, 3.05) is 0 Å². The molecule has 2 rings (SSSR count).